The summed E-state index contributed by atoms with van der Waals surface area (Å²) in [6.07, 6.45) is 7.39. The Morgan fingerprint density at radius 1 is 1.22 bits per heavy atom. The Morgan fingerprint density at radius 3 is 2.78 bits per heavy atom. The standard InChI is InChI=1S/C15H19N3/c1-15(2,16)14-9-17-10-18(14)13-7-6-11-4-3-5-12(11)8-13/h6-10H,3-5,16H2,1-2H3. The first kappa shape index (κ1) is 11.5. The number of imidazole rings is 1. The quantitative estimate of drug-likeness (QED) is 0.878. The van der Waals surface area contributed by atoms with Gasteiger partial charge in [-0.2, -0.15) is 0 Å². The summed E-state index contributed by atoms with van der Waals surface area (Å²) in [5, 5.41) is 0. The molecule has 1 heterocycles. The van der Waals surface area contributed by atoms with Crippen LogP contribution in [0.15, 0.2) is 30.7 Å². The number of nitrogens with zero attached hydrogens (tertiary/aromatic N) is 2. The summed E-state index contributed by atoms with van der Waals surface area (Å²) >= 11 is 0. The van der Waals surface area contributed by atoms with E-state index < -0.39 is 0 Å². The maximum atomic E-state index is 6.19. The van der Waals surface area contributed by atoms with E-state index in [9.17, 15) is 0 Å². The summed E-state index contributed by atoms with van der Waals surface area (Å²) in [5.41, 5.74) is 11.0. The van der Waals surface area contributed by atoms with Crippen LogP contribution < -0.4 is 5.73 Å². The van der Waals surface area contributed by atoms with Crippen LogP contribution in [0.25, 0.3) is 5.69 Å². The number of fused-ring (bicyclic) bond motifs is 1. The Bertz CT molecular complexity index is 576. The molecule has 0 saturated carbocycles. The van der Waals surface area contributed by atoms with Crippen molar-refractivity contribution in [1.82, 2.24) is 9.55 Å². The second-order valence-electron chi connectivity index (χ2n) is 5.68. The van der Waals surface area contributed by atoms with Crippen LogP contribution in [0.1, 0.15) is 37.1 Å². The van der Waals surface area contributed by atoms with Gasteiger partial charge in [0.05, 0.1) is 23.8 Å². The van der Waals surface area contributed by atoms with Crippen molar-refractivity contribution in [2.75, 3.05) is 0 Å². The van der Waals surface area contributed by atoms with Crippen molar-refractivity contribution in [1.29, 1.82) is 0 Å². The maximum Gasteiger partial charge on any atom is 0.0994 e. The summed E-state index contributed by atoms with van der Waals surface area (Å²) in [5.74, 6) is 0. The Hall–Kier alpha value is -1.61. The fourth-order valence-electron chi connectivity index (χ4n) is 2.69. The molecule has 0 radical (unpaired) electrons. The molecule has 2 aromatic rings. The lowest BCUT2D eigenvalue weighted by molar-refractivity contribution is 0.524. The third kappa shape index (κ3) is 1.85. The second-order valence-corrected chi connectivity index (χ2v) is 5.68. The molecule has 2 N–H and O–H groups in total. The van der Waals surface area contributed by atoms with E-state index in [1.54, 1.807) is 0 Å². The van der Waals surface area contributed by atoms with Crippen LogP contribution in [0, 0.1) is 0 Å². The maximum absolute atomic E-state index is 6.19. The molecule has 18 heavy (non-hydrogen) atoms. The molecule has 0 aliphatic heterocycles. The van der Waals surface area contributed by atoms with Gasteiger partial charge in [-0.15, -0.1) is 0 Å². The molecule has 0 saturated heterocycles. The van der Waals surface area contributed by atoms with Crippen molar-refractivity contribution >= 4 is 0 Å². The van der Waals surface area contributed by atoms with Crippen LogP contribution >= 0.6 is 0 Å². The van der Waals surface area contributed by atoms with Crippen LogP contribution in [0.4, 0.5) is 0 Å². The van der Waals surface area contributed by atoms with Gasteiger partial charge in [0.1, 0.15) is 0 Å². The highest BCUT2D eigenvalue weighted by atomic mass is 15.1. The van der Waals surface area contributed by atoms with Gasteiger partial charge in [0.2, 0.25) is 0 Å². The summed E-state index contributed by atoms with van der Waals surface area (Å²) in [6, 6.07) is 6.69. The van der Waals surface area contributed by atoms with Crippen molar-refractivity contribution in [3.63, 3.8) is 0 Å². The summed E-state index contributed by atoms with van der Waals surface area (Å²) in [7, 11) is 0. The highest BCUT2D eigenvalue weighted by Crippen LogP contribution is 2.26. The Labute approximate surface area is 108 Å². The Kier molecular flexibility index (Phi) is 2.52. The van der Waals surface area contributed by atoms with Crippen LogP contribution in [0.3, 0.4) is 0 Å². The summed E-state index contributed by atoms with van der Waals surface area (Å²) in [6.45, 7) is 4.02. The van der Waals surface area contributed by atoms with Gasteiger partial charge < -0.3 is 10.3 Å². The zero-order chi connectivity index (χ0) is 12.8. The highest BCUT2D eigenvalue weighted by Gasteiger charge is 2.20. The average molecular weight is 241 g/mol. The third-order valence-electron chi connectivity index (χ3n) is 3.66. The summed E-state index contributed by atoms with van der Waals surface area (Å²) < 4.78 is 2.10. The molecule has 0 fully saturated rings. The lowest BCUT2D eigenvalue weighted by Gasteiger charge is -2.21. The van der Waals surface area contributed by atoms with Crippen molar-refractivity contribution in [3.8, 4) is 5.69 Å². The Morgan fingerprint density at radius 2 is 2.00 bits per heavy atom. The van der Waals surface area contributed by atoms with Gasteiger partial charge in [0.15, 0.2) is 0 Å². The van der Waals surface area contributed by atoms with Crippen LogP contribution in [0.5, 0.6) is 0 Å². The third-order valence-corrected chi connectivity index (χ3v) is 3.66. The Balaban J connectivity index is 2.08. The van der Waals surface area contributed by atoms with Crippen molar-refractivity contribution in [2.24, 2.45) is 5.73 Å². The topological polar surface area (TPSA) is 43.8 Å². The molecule has 0 atom stereocenters. The van der Waals surface area contributed by atoms with E-state index in [0.29, 0.717) is 0 Å². The minimum Gasteiger partial charge on any atom is -0.321 e. The van der Waals surface area contributed by atoms with E-state index in [2.05, 4.69) is 27.8 Å². The molecule has 3 rings (SSSR count). The van der Waals surface area contributed by atoms with Gasteiger partial charge in [-0.25, -0.2) is 4.98 Å². The van der Waals surface area contributed by atoms with E-state index in [1.165, 1.54) is 36.1 Å². The van der Waals surface area contributed by atoms with E-state index in [1.807, 2.05) is 26.4 Å². The van der Waals surface area contributed by atoms with Gasteiger partial charge in [-0.1, -0.05) is 6.07 Å². The number of nitrogens with two attached hydrogens (primary N) is 1. The minimum absolute atomic E-state index is 0.379. The highest BCUT2D eigenvalue weighted by molar-refractivity contribution is 5.44. The van der Waals surface area contributed by atoms with Gasteiger partial charge in [0, 0.05) is 5.69 Å². The number of hydrogen-bond acceptors (Lipinski definition) is 2. The number of hydrogen-bond donors (Lipinski definition) is 1. The molecule has 0 spiro atoms. The number of benzene rings is 1. The molecule has 1 aliphatic carbocycles. The molecule has 0 amide bonds. The average Bonchev–Trinajstić information content (AvgIpc) is 2.96. The number of aromatic nitrogens is 2. The van der Waals surface area contributed by atoms with E-state index in [-0.39, 0.29) is 5.54 Å². The fourth-order valence-corrected chi connectivity index (χ4v) is 2.69. The molecular weight excluding hydrogens is 222 g/mol. The SMILES string of the molecule is CC(C)(N)c1cncn1-c1ccc2c(c1)CCC2. The second kappa shape index (κ2) is 3.95. The van der Waals surface area contributed by atoms with Crippen LogP contribution in [-0.4, -0.2) is 9.55 Å². The molecular formula is C15H19N3. The van der Waals surface area contributed by atoms with E-state index >= 15 is 0 Å². The summed E-state index contributed by atoms with van der Waals surface area (Å²) in [4.78, 5) is 4.24. The normalized spacial score (nSPS) is 14.8. The molecule has 94 valence electrons. The first-order valence-corrected chi connectivity index (χ1v) is 6.49. The lowest BCUT2D eigenvalue weighted by Crippen LogP contribution is -2.31. The van der Waals surface area contributed by atoms with Crippen molar-refractivity contribution in [2.45, 2.75) is 38.6 Å². The molecule has 0 unspecified atom stereocenters. The number of rotatable bonds is 2. The predicted molar refractivity (Wildman–Crippen MR) is 72.8 cm³/mol. The van der Waals surface area contributed by atoms with Gasteiger partial charge in [-0.3, -0.25) is 0 Å². The van der Waals surface area contributed by atoms with E-state index in [0.717, 1.165) is 5.69 Å². The molecule has 0 bridgehead atoms. The van der Waals surface area contributed by atoms with Gasteiger partial charge in [0.25, 0.3) is 0 Å². The molecule has 1 aliphatic rings. The zero-order valence-corrected chi connectivity index (χ0v) is 11.0. The van der Waals surface area contributed by atoms with E-state index in [4.69, 9.17) is 5.73 Å². The lowest BCUT2D eigenvalue weighted by atomic mass is 10.0. The first-order chi connectivity index (χ1) is 8.55. The van der Waals surface area contributed by atoms with Crippen LogP contribution in [0.2, 0.25) is 0 Å². The van der Waals surface area contributed by atoms with Gasteiger partial charge >= 0.3 is 0 Å². The first-order valence-electron chi connectivity index (χ1n) is 6.49. The molecule has 3 nitrogen and oxygen atoms in total. The van der Waals surface area contributed by atoms with Crippen molar-refractivity contribution in [3.05, 3.63) is 47.5 Å². The number of aryl methyl sites for hydroxylation is 2. The van der Waals surface area contributed by atoms with Gasteiger partial charge in [-0.05, 0) is 56.4 Å². The smallest absolute Gasteiger partial charge is 0.0994 e. The van der Waals surface area contributed by atoms with Crippen LogP contribution in [-0.2, 0) is 18.4 Å². The largest absolute Gasteiger partial charge is 0.321 e. The molecule has 3 heteroatoms. The zero-order valence-electron chi connectivity index (χ0n) is 11.0. The van der Waals surface area contributed by atoms with Crippen molar-refractivity contribution < 1.29 is 0 Å². The molecule has 1 aromatic carbocycles. The minimum atomic E-state index is -0.379. The fraction of sp³-hybridized carbons (Fsp3) is 0.400. The predicted octanol–water partition coefficient (Wildman–Crippen LogP) is 2.55. The molecule has 1 aromatic heterocycles. The monoisotopic (exact) mass is 241 g/mol.